The van der Waals surface area contributed by atoms with Gasteiger partial charge in [0.25, 0.3) is 17.4 Å². The Bertz CT molecular complexity index is 1580. The number of allylic oxidation sites excluding steroid dienone is 4. The molecule has 10 nitrogen and oxygen atoms in total. The Kier molecular flexibility index (Phi) is 7.10. The van der Waals surface area contributed by atoms with Crippen LogP contribution in [-0.4, -0.2) is 27.4 Å². The van der Waals surface area contributed by atoms with Crippen LogP contribution in [0.25, 0.3) is 11.8 Å². The van der Waals surface area contributed by atoms with Crippen molar-refractivity contribution in [3.63, 3.8) is 0 Å². The zero-order valence-corrected chi connectivity index (χ0v) is 19.6. The van der Waals surface area contributed by atoms with Gasteiger partial charge >= 0.3 is 11.7 Å². The quantitative estimate of drug-likeness (QED) is 0.303. The molecule has 4 amide bonds. The molecule has 4 rings (SSSR count). The van der Waals surface area contributed by atoms with E-state index >= 15 is 0 Å². The summed E-state index contributed by atoms with van der Waals surface area (Å²) in [6, 6.07) is 15.5. The van der Waals surface area contributed by atoms with Gasteiger partial charge < -0.3 is 5.11 Å². The van der Waals surface area contributed by atoms with Gasteiger partial charge in [-0.3, -0.25) is 29.3 Å². The summed E-state index contributed by atoms with van der Waals surface area (Å²) in [5.41, 5.74) is -1.05. The van der Waals surface area contributed by atoms with E-state index < -0.39 is 35.0 Å². The summed E-state index contributed by atoms with van der Waals surface area (Å²) in [6.45, 7) is 1.80. The molecule has 186 valence electrons. The highest BCUT2D eigenvalue weighted by atomic mass is 16.3. The molecule has 1 aliphatic heterocycles. The maximum absolute atomic E-state index is 12.9. The molecular weight excluding hydrogens is 476 g/mol. The van der Waals surface area contributed by atoms with Crippen LogP contribution in [0.3, 0.4) is 0 Å². The molecule has 37 heavy (non-hydrogen) atoms. The second-order valence-electron chi connectivity index (χ2n) is 7.89. The number of carbonyl (C=O) groups excluding carboxylic acids is 3. The fraction of sp³-hybridized carbons (Fsp3) is 0.0741. The van der Waals surface area contributed by atoms with Crippen molar-refractivity contribution in [2.24, 2.45) is 0 Å². The van der Waals surface area contributed by atoms with Gasteiger partial charge in [0.05, 0.1) is 5.69 Å². The van der Waals surface area contributed by atoms with E-state index in [1.807, 2.05) is 0 Å². The van der Waals surface area contributed by atoms with E-state index in [0.29, 0.717) is 23.4 Å². The first-order chi connectivity index (χ1) is 17.8. The number of hydrogen-bond donors (Lipinski definition) is 2. The molecule has 0 unspecified atom stereocenters. The van der Waals surface area contributed by atoms with Crippen molar-refractivity contribution >= 4 is 29.6 Å². The van der Waals surface area contributed by atoms with E-state index in [1.54, 1.807) is 67.6 Å². The number of nitrogens with one attached hydrogen (secondary N) is 2. The Labute approximate surface area is 210 Å². The fourth-order valence-electron chi connectivity index (χ4n) is 3.65. The number of amides is 4. The van der Waals surface area contributed by atoms with Gasteiger partial charge in [0.1, 0.15) is 5.57 Å². The Hall–Kier alpha value is -5.25. The van der Waals surface area contributed by atoms with Gasteiger partial charge in [0.15, 0.2) is 0 Å². The molecule has 0 saturated carbocycles. The monoisotopic (exact) mass is 497 g/mol. The van der Waals surface area contributed by atoms with Gasteiger partial charge in [0, 0.05) is 11.3 Å². The van der Waals surface area contributed by atoms with Crippen molar-refractivity contribution in [2.75, 3.05) is 4.90 Å². The van der Waals surface area contributed by atoms with Gasteiger partial charge in [-0.05, 0) is 54.3 Å². The Balaban J connectivity index is 1.67. The van der Waals surface area contributed by atoms with Gasteiger partial charge in [-0.1, -0.05) is 55.5 Å². The molecule has 0 bridgehead atoms. The van der Waals surface area contributed by atoms with E-state index in [0.717, 1.165) is 9.47 Å². The highest BCUT2D eigenvalue weighted by Gasteiger charge is 2.36. The zero-order valence-electron chi connectivity index (χ0n) is 19.6. The van der Waals surface area contributed by atoms with Crippen LogP contribution in [0.15, 0.2) is 99.6 Å². The van der Waals surface area contributed by atoms with Crippen LogP contribution in [0.1, 0.15) is 18.9 Å². The SMILES string of the molecule is CCC(/C=C/c1c([O-])n(-c2ccccc2)c(=O)[nH]c1=O)=C\C=C1/C(=O)NC(=O)N(c2ccccc2)C1=O. The van der Waals surface area contributed by atoms with E-state index in [1.165, 1.54) is 24.3 Å². The van der Waals surface area contributed by atoms with Crippen LogP contribution in [-0.2, 0) is 9.59 Å². The number of imide groups is 2. The molecule has 10 heteroatoms. The molecule has 0 atom stereocenters. The molecule has 0 aliphatic carbocycles. The third-order valence-corrected chi connectivity index (χ3v) is 5.57. The summed E-state index contributed by atoms with van der Waals surface area (Å²) >= 11 is 0. The maximum Gasteiger partial charge on any atom is 0.335 e. The van der Waals surface area contributed by atoms with Crippen LogP contribution in [0, 0.1) is 0 Å². The number of hydrogen-bond acceptors (Lipinski definition) is 6. The Morgan fingerprint density at radius 2 is 1.54 bits per heavy atom. The lowest BCUT2D eigenvalue weighted by atomic mass is 10.1. The van der Waals surface area contributed by atoms with Crippen molar-refractivity contribution in [1.29, 1.82) is 0 Å². The number of anilines is 1. The highest BCUT2D eigenvalue weighted by Crippen LogP contribution is 2.21. The number of carbonyl (C=O) groups is 3. The Morgan fingerprint density at radius 1 is 0.919 bits per heavy atom. The van der Waals surface area contributed by atoms with Gasteiger partial charge in [0.2, 0.25) is 0 Å². The molecule has 2 aromatic carbocycles. The minimum Gasteiger partial charge on any atom is -0.859 e. The van der Waals surface area contributed by atoms with Crippen molar-refractivity contribution < 1.29 is 19.5 Å². The first kappa shape index (κ1) is 24.9. The fourth-order valence-corrected chi connectivity index (χ4v) is 3.65. The van der Waals surface area contributed by atoms with Crippen LogP contribution in [0.2, 0.25) is 0 Å². The minimum atomic E-state index is -0.853. The van der Waals surface area contributed by atoms with Crippen molar-refractivity contribution in [3.05, 3.63) is 116 Å². The Morgan fingerprint density at radius 3 is 2.16 bits per heavy atom. The number of H-pyrrole nitrogens is 1. The molecular formula is C27H21N4O6-. The number of rotatable bonds is 6. The summed E-state index contributed by atoms with van der Waals surface area (Å²) in [7, 11) is 0. The van der Waals surface area contributed by atoms with E-state index in [4.69, 9.17) is 0 Å². The average Bonchev–Trinajstić information content (AvgIpc) is 2.88. The standard InChI is InChI=1S/C27H22N4O6/c1-2-17(13-15-20-22(32)28-26(36)30(24(20)34)18-9-5-3-6-10-18)14-16-21-23(33)29-27(37)31(25(21)35)19-11-7-4-8-12-19/h3-16,34H,2H2,1H3,(H,28,32,36)(H,29,33,37)/p-1/b15-13+,17-14+,21-16+. The zero-order chi connectivity index (χ0) is 26.5. The summed E-state index contributed by atoms with van der Waals surface area (Å²) in [4.78, 5) is 65.2. The molecule has 3 aromatic rings. The minimum absolute atomic E-state index is 0.261. The van der Waals surface area contributed by atoms with Crippen LogP contribution < -0.4 is 26.6 Å². The summed E-state index contributed by atoms with van der Waals surface area (Å²) in [5.74, 6) is -2.42. The molecule has 1 fully saturated rings. The molecule has 1 aliphatic rings. The third kappa shape index (κ3) is 5.08. The van der Waals surface area contributed by atoms with Gasteiger partial charge in [-0.2, -0.15) is 0 Å². The lowest BCUT2D eigenvalue weighted by Gasteiger charge is -2.26. The van der Waals surface area contributed by atoms with Crippen molar-refractivity contribution in [3.8, 4) is 11.6 Å². The van der Waals surface area contributed by atoms with Gasteiger partial charge in [-0.15, -0.1) is 0 Å². The first-order valence-electron chi connectivity index (χ1n) is 11.3. The summed E-state index contributed by atoms with van der Waals surface area (Å²) in [5, 5.41) is 15.1. The largest absolute Gasteiger partial charge is 0.859 e. The first-order valence-corrected chi connectivity index (χ1v) is 11.3. The number of barbiturate groups is 1. The van der Waals surface area contributed by atoms with Crippen LogP contribution >= 0.6 is 0 Å². The average molecular weight is 497 g/mol. The predicted molar refractivity (Wildman–Crippen MR) is 135 cm³/mol. The molecule has 0 spiro atoms. The lowest BCUT2D eigenvalue weighted by molar-refractivity contribution is -0.278. The highest BCUT2D eigenvalue weighted by molar-refractivity contribution is 6.37. The maximum atomic E-state index is 12.9. The molecule has 2 N–H and O–H groups in total. The normalized spacial score (nSPS) is 15.5. The predicted octanol–water partition coefficient (Wildman–Crippen LogP) is 2.16. The lowest BCUT2D eigenvalue weighted by Crippen LogP contribution is -2.54. The second-order valence-corrected chi connectivity index (χ2v) is 7.89. The van der Waals surface area contributed by atoms with Crippen LogP contribution in [0.5, 0.6) is 5.88 Å². The molecule has 0 radical (unpaired) electrons. The molecule has 1 saturated heterocycles. The van der Waals surface area contributed by atoms with Crippen molar-refractivity contribution in [1.82, 2.24) is 14.9 Å². The molecule has 2 heterocycles. The number of aromatic amines is 1. The topological polar surface area (TPSA) is 144 Å². The number of nitrogens with zero attached hydrogens (tertiary/aromatic N) is 2. The number of urea groups is 1. The van der Waals surface area contributed by atoms with Crippen LogP contribution in [0.4, 0.5) is 10.5 Å². The summed E-state index contributed by atoms with van der Waals surface area (Å²) in [6.07, 6.45) is 5.93. The van der Waals surface area contributed by atoms with Crippen molar-refractivity contribution in [2.45, 2.75) is 13.3 Å². The van der Waals surface area contributed by atoms with E-state index in [-0.39, 0.29) is 11.1 Å². The summed E-state index contributed by atoms with van der Waals surface area (Å²) < 4.78 is 0.860. The smallest absolute Gasteiger partial charge is 0.335 e. The number of aromatic nitrogens is 2. The second kappa shape index (κ2) is 10.6. The van der Waals surface area contributed by atoms with E-state index in [2.05, 4.69) is 10.3 Å². The third-order valence-electron chi connectivity index (χ3n) is 5.57. The molecule has 1 aromatic heterocycles. The van der Waals surface area contributed by atoms with E-state index in [9.17, 15) is 29.1 Å². The number of benzene rings is 2. The number of para-hydroxylation sites is 2. The van der Waals surface area contributed by atoms with Gasteiger partial charge in [-0.25, -0.2) is 14.5 Å².